The van der Waals surface area contributed by atoms with E-state index in [9.17, 15) is 13.2 Å². The van der Waals surface area contributed by atoms with Crippen LogP contribution >= 0.6 is 11.6 Å². The summed E-state index contributed by atoms with van der Waals surface area (Å²) < 4.78 is 28.1. The largest absolute Gasteiger partial charge is 0.368 e. The Hall–Kier alpha value is -2.68. The van der Waals surface area contributed by atoms with Gasteiger partial charge in [0.15, 0.2) is 0 Å². The van der Waals surface area contributed by atoms with Gasteiger partial charge >= 0.3 is 0 Å². The van der Waals surface area contributed by atoms with Crippen molar-refractivity contribution in [3.8, 4) is 0 Å². The van der Waals surface area contributed by atoms with Crippen molar-refractivity contribution in [2.45, 2.75) is 4.90 Å². The summed E-state index contributed by atoms with van der Waals surface area (Å²) in [6.45, 7) is 2.17. The number of anilines is 1. The molecule has 0 spiro atoms. The van der Waals surface area contributed by atoms with Crippen LogP contribution in [0.3, 0.4) is 0 Å². The molecule has 1 fully saturated rings. The molecule has 0 radical (unpaired) electrons. The van der Waals surface area contributed by atoms with Gasteiger partial charge in [0.25, 0.3) is 0 Å². The van der Waals surface area contributed by atoms with E-state index < -0.39 is 10.0 Å². The Bertz CT molecular complexity index is 1160. The number of carbonyl (C=O) groups excluding carboxylic acids is 1. The molecule has 30 heavy (non-hydrogen) atoms. The van der Waals surface area contributed by atoms with E-state index in [1.807, 2.05) is 12.1 Å². The van der Waals surface area contributed by atoms with Gasteiger partial charge in [0.2, 0.25) is 15.9 Å². The minimum atomic E-state index is -3.85. The van der Waals surface area contributed by atoms with Gasteiger partial charge in [-0.05, 0) is 35.7 Å². The molecule has 1 aliphatic heterocycles. The van der Waals surface area contributed by atoms with E-state index in [4.69, 9.17) is 11.6 Å². The molecule has 1 amide bonds. The number of nitrogens with one attached hydrogen (secondary N) is 1. The first-order valence-electron chi connectivity index (χ1n) is 9.55. The second-order valence-corrected chi connectivity index (χ2v) is 9.19. The van der Waals surface area contributed by atoms with E-state index in [0.717, 1.165) is 11.1 Å². The molecular formula is C21H21ClN4O3S. The van der Waals surface area contributed by atoms with E-state index in [1.54, 1.807) is 47.6 Å². The van der Waals surface area contributed by atoms with Crippen molar-refractivity contribution in [2.24, 2.45) is 0 Å². The van der Waals surface area contributed by atoms with E-state index in [1.165, 1.54) is 6.07 Å². The Kier molecular flexibility index (Phi) is 5.90. The summed E-state index contributed by atoms with van der Waals surface area (Å²) >= 11 is 6.00. The van der Waals surface area contributed by atoms with Crippen LogP contribution < -0.4 is 9.62 Å². The maximum absolute atomic E-state index is 12.8. The zero-order valence-electron chi connectivity index (χ0n) is 16.2. The smallest absolute Gasteiger partial charge is 0.241 e. The summed E-state index contributed by atoms with van der Waals surface area (Å²) in [6, 6.07) is 13.9. The van der Waals surface area contributed by atoms with Crippen molar-refractivity contribution in [1.82, 2.24) is 14.6 Å². The van der Waals surface area contributed by atoms with Crippen molar-refractivity contribution in [1.29, 1.82) is 0 Å². The van der Waals surface area contributed by atoms with Gasteiger partial charge in [-0.25, -0.2) is 13.1 Å². The molecule has 1 N–H and O–H groups in total. The molecule has 0 saturated carbocycles. The van der Waals surface area contributed by atoms with Crippen LogP contribution in [0.4, 0.5) is 5.69 Å². The Labute approximate surface area is 180 Å². The molecule has 3 aromatic rings. The lowest BCUT2D eigenvalue weighted by Crippen LogP contribution is -2.51. The highest BCUT2D eigenvalue weighted by molar-refractivity contribution is 7.89. The number of aromatic nitrogens is 1. The Morgan fingerprint density at radius 2 is 1.77 bits per heavy atom. The van der Waals surface area contributed by atoms with Gasteiger partial charge in [0, 0.05) is 54.7 Å². The van der Waals surface area contributed by atoms with Crippen molar-refractivity contribution in [3.63, 3.8) is 0 Å². The summed E-state index contributed by atoms with van der Waals surface area (Å²) in [5.74, 6) is -0.240. The normalized spacial score (nSPS) is 14.8. The fraction of sp³-hybridized carbons (Fsp3) is 0.238. The fourth-order valence-corrected chi connectivity index (χ4v) is 4.96. The second kappa shape index (κ2) is 8.59. The Morgan fingerprint density at radius 3 is 2.50 bits per heavy atom. The second-order valence-electron chi connectivity index (χ2n) is 7.02. The van der Waals surface area contributed by atoms with Crippen LogP contribution in [0.2, 0.25) is 5.02 Å². The Morgan fingerprint density at radius 1 is 1.03 bits per heavy atom. The Balaban J connectivity index is 1.39. The SMILES string of the molecule is O=C(CNS(=O)(=O)c1cccc2cc(Cl)ccc12)N1CCN(c2ccncc2)CC1. The zero-order valence-corrected chi connectivity index (χ0v) is 17.7. The molecule has 0 unspecified atom stereocenters. The molecule has 9 heteroatoms. The van der Waals surface area contributed by atoms with Crippen molar-refractivity contribution < 1.29 is 13.2 Å². The standard InChI is InChI=1S/C21H21ClN4O3S/c22-17-4-5-19-16(14-17)2-1-3-20(19)30(28,29)24-15-21(27)26-12-10-25(11-13-26)18-6-8-23-9-7-18/h1-9,14,24H,10-13,15H2. The summed E-state index contributed by atoms with van der Waals surface area (Å²) in [5, 5.41) is 1.82. The molecule has 1 saturated heterocycles. The zero-order chi connectivity index (χ0) is 21.1. The molecule has 0 aliphatic carbocycles. The molecule has 156 valence electrons. The first-order valence-corrected chi connectivity index (χ1v) is 11.4. The molecule has 7 nitrogen and oxygen atoms in total. The van der Waals surface area contributed by atoms with E-state index in [0.29, 0.717) is 36.6 Å². The summed E-state index contributed by atoms with van der Waals surface area (Å²) in [4.78, 5) is 20.6. The number of pyridine rings is 1. The van der Waals surface area contributed by atoms with Crippen LogP contribution in [0.25, 0.3) is 10.8 Å². The van der Waals surface area contributed by atoms with E-state index in [2.05, 4.69) is 14.6 Å². The van der Waals surface area contributed by atoms with Gasteiger partial charge in [-0.1, -0.05) is 29.8 Å². The number of hydrogen-bond donors (Lipinski definition) is 1. The van der Waals surface area contributed by atoms with Gasteiger partial charge in [-0.15, -0.1) is 0 Å². The number of benzene rings is 2. The van der Waals surface area contributed by atoms with Crippen molar-refractivity contribution in [2.75, 3.05) is 37.6 Å². The van der Waals surface area contributed by atoms with Crippen LogP contribution in [0.15, 0.2) is 65.8 Å². The third-order valence-corrected chi connectivity index (χ3v) is 6.86. The van der Waals surface area contributed by atoms with Gasteiger partial charge < -0.3 is 9.80 Å². The van der Waals surface area contributed by atoms with Crippen molar-refractivity contribution in [3.05, 3.63) is 65.9 Å². The van der Waals surface area contributed by atoms with Crippen LogP contribution in [-0.2, 0) is 14.8 Å². The molecule has 0 bridgehead atoms. The van der Waals surface area contributed by atoms with Crippen LogP contribution in [0, 0.1) is 0 Å². The maximum atomic E-state index is 12.8. The molecule has 0 atom stereocenters. The fourth-order valence-electron chi connectivity index (χ4n) is 3.57. The highest BCUT2D eigenvalue weighted by Crippen LogP contribution is 2.25. The number of carbonyl (C=O) groups is 1. The first-order chi connectivity index (χ1) is 14.4. The number of rotatable bonds is 5. The monoisotopic (exact) mass is 444 g/mol. The number of sulfonamides is 1. The van der Waals surface area contributed by atoms with Gasteiger partial charge in [-0.3, -0.25) is 9.78 Å². The highest BCUT2D eigenvalue weighted by Gasteiger charge is 2.24. The molecule has 4 rings (SSSR count). The van der Waals surface area contributed by atoms with Crippen LogP contribution in [0.5, 0.6) is 0 Å². The number of hydrogen-bond acceptors (Lipinski definition) is 5. The highest BCUT2D eigenvalue weighted by atomic mass is 35.5. The number of piperazine rings is 1. The van der Waals surface area contributed by atoms with Crippen molar-refractivity contribution >= 4 is 44.0 Å². The molecule has 2 heterocycles. The number of fused-ring (bicyclic) bond motifs is 1. The third-order valence-electron chi connectivity index (χ3n) is 5.17. The topological polar surface area (TPSA) is 82.6 Å². The summed E-state index contributed by atoms with van der Waals surface area (Å²) in [6.07, 6.45) is 3.48. The minimum absolute atomic E-state index is 0.131. The first kappa shape index (κ1) is 20.6. The van der Waals surface area contributed by atoms with Gasteiger partial charge in [0.05, 0.1) is 11.4 Å². The summed E-state index contributed by atoms with van der Waals surface area (Å²) in [5.41, 5.74) is 1.06. The third kappa shape index (κ3) is 4.40. The average Bonchev–Trinajstić information content (AvgIpc) is 2.77. The molecule has 2 aromatic carbocycles. The van der Waals surface area contributed by atoms with Crippen LogP contribution in [-0.4, -0.2) is 56.9 Å². The summed E-state index contributed by atoms with van der Waals surface area (Å²) in [7, 11) is -3.85. The average molecular weight is 445 g/mol. The van der Waals surface area contributed by atoms with E-state index in [-0.39, 0.29) is 17.3 Å². The molecule has 1 aliphatic rings. The lowest BCUT2D eigenvalue weighted by atomic mass is 10.1. The lowest BCUT2D eigenvalue weighted by Gasteiger charge is -2.36. The molecule has 1 aromatic heterocycles. The van der Waals surface area contributed by atoms with Crippen LogP contribution in [0.1, 0.15) is 0 Å². The lowest BCUT2D eigenvalue weighted by molar-refractivity contribution is -0.130. The van der Waals surface area contributed by atoms with Gasteiger partial charge in [-0.2, -0.15) is 0 Å². The maximum Gasteiger partial charge on any atom is 0.241 e. The molecular weight excluding hydrogens is 424 g/mol. The number of halogens is 1. The van der Waals surface area contributed by atoms with E-state index >= 15 is 0 Å². The predicted molar refractivity (Wildman–Crippen MR) is 117 cm³/mol. The number of nitrogens with zero attached hydrogens (tertiary/aromatic N) is 3. The predicted octanol–water partition coefficient (Wildman–Crippen LogP) is 2.52. The quantitative estimate of drug-likeness (QED) is 0.653. The van der Waals surface area contributed by atoms with Gasteiger partial charge in [0.1, 0.15) is 0 Å². The number of amides is 1. The minimum Gasteiger partial charge on any atom is -0.368 e.